The fraction of sp³-hybridized carbons (Fsp3) is 0.462. The minimum Gasteiger partial charge on any atom is -0.490 e. The minimum atomic E-state index is -0.552. The quantitative estimate of drug-likeness (QED) is 0.572. The molecule has 1 fully saturated rings. The largest absolute Gasteiger partial charge is 0.490 e. The van der Waals surface area contributed by atoms with Gasteiger partial charge in [-0.25, -0.2) is 4.79 Å². The van der Waals surface area contributed by atoms with Crippen molar-refractivity contribution in [2.75, 3.05) is 11.9 Å². The zero-order valence-electron chi connectivity index (χ0n) is 19.0. The van der Waals surface area contributed by atoms with Crippen molar-refractivity contribution >= 4 is 17.6 Å². The van der Waals surface area contributed by atoms with Crippen molar-refractivity contribution in [3.05, 3.63) is 59.2 Å². The van der Waals surface area contributed by atoms with Crippen molar-refractivity contribution in [3.8, 4) is 5.75 Å². The lowest BCUT2D eigenvalue weighted by molar-refractivity contribution is -0.122. The van der Waals surface area contributed by atoms with Crippen molar-refractivity contribution in [2.45, 2.75) is 71.3 Å². The standard InChI is InChI=1S/C26H33NO4/c1-5-30-24(28)22-17-21(13-14-23(22)31-18(2)3)27-25(29)26(15-7-6-8-16-26)20-11-9-19(4)10-12-20/h9-14,17-18H,5-8,15-16H2,1-4H3,(H,27,29). The van der Waals surface area contributed by atoms with Gasteiger partial charge in [-0.15, -0.1) is 0 Å². The SMILES string of the molecule is CCOC(=O)c1cc(NC(=O)C2(c3ccc(C)cc3)CCCCC2)ccc1OC(C)C. The average molecular weight is 424 g/mol. The molecule has 0 bridgehead atoms. The number of hydrogen-bond acceptors (Lipinski definition) is 4. The van der Waals surface area contributed by atoms with Gasteiger partial charge in [0.15, 0.2) is 0 Å². The molecule has 1 N–H and O–H groups in total. The fourth-order valence-electron chi connectivity index (χ4n) is 4.26. The van der Waals surface area contributed by atoms with E-state index in [1.165, 1.54) is 5.56 Å². The second-order valence-corrected chi connectivity index (χ2v) is 8.56. The van der Waals surface area contributed by atoms with E-state index in [9.17, 15) is 9.59 Å². The van der Waals surface area contributed by atoms with E-state index in [1.807, 2.05) is 13.8 Å². The van der Waals surface area contributed by atoms with Gasteiger partial charge in [0.05, 0.1) is 18.1 Å². The maximum absolute atomic E-state index is 13.6. The number of aryl methyl sites for hydroxylation is 1. The molecule has 0 aliphatic heterocycles. The van der Waals surface area contributed by atoms with Gasteiger partial charge in [-0.2, -0.15) is 0 Å². The lowest BCUT2D eigenvalue weighted by Gasteiger charge is -2.36. The maximum Gasteiger partial charge on any atom is 0.341 e. The number of carbonyl (C=O) groups is 2. The summed E-state index contributed by atoms with van der Waals surface area (Å²) in [6, 6.07) is 13.4. The first kappa shape index (κ1) is 22.9. The molecule has 5 heteroatoms. The molecule has 0 unspecified atom stereocenters. The van der Waals surface area contributed by atoms with Crippen molar-refractivity contribution in [2.24, 2.45) is 0 Å². The van der Waals surface area contributed by atoms with Gasteiger partial charge >= 0.3 is 5.97 Å². The van der Waals surface area contributed by atoms with E-state index in [2.05, 4.69) is 36.5 Å². The van der Waals surface area contributed by atoms with Crippen LogP contribution in [-0.2, 0) is 14.9 Å². The summed E-state index contributed by atoms with van der Waals surface area (Å²) in [5.41, 5.74) is 2.57. The third-order valence-corrected chi connectivity index (χ3v) is 5.84. The molecular formula is C26H33NO4. The lowest BCUT2D eigenvalue weighted by atomic mass is 9.68. The van der Waals surface area contributed by atoms with Crippen LogP contribution in [-0.4, -0.2) is 24.6 Å². The first-order chi connectivity index (χ1) is 14.9. The number of hydrogen-bond donors (Lipinski definition) is 1. The van der Waals surface area contributed by atoms with Gasteiger partial charge in [0, 0.05) is 5.69 Å². The van der Waals surface area contributed by atoms with E-state index in [-0.39, 0.29) is 18.6 Å². The Morgan fingerprint density at radius 2 is 1.71 bits per heavy atom. The Hall–Kier alpha value is -2.82. The zero-order chi connectivity index (χ0) is 22.4. The van der Waals surface area contributed by atoms with Crippen LogP contribution in [0.25, 0.3) is 0 Å². The van der Waals surface area contributed by atoms with E-state index < -0.39 is 11.4 Å². The monoisotopic (exact) mass is 423 g/mol. The summed E-state index contributed by atoms with van der Waals surface area (Å²) in [6.45, 7) is 7.89. The molecule has 0 heterocycles. The summed E-state index contributed by atoms with van der Waals surface area (Å²) >= 11 is 0. The summed E-state index contributed by atoms with van der Waals surface area (Å²) in [5, 5.41) is 3.08. The van der Waals surface area contributed by atoms with Crippen LogP contribution >= 0.6 is 0 Å². The predicted molar refractivity (Wildman–Crippen MR) is 123 cm³/mol. The Kier molecular flexibility index (Phi) is 7.37. The summed E-state index contributed by atoms with van der Waals surface area (Å²) in [5.74, 6) is -0.0269. The van der Waals surface area contributed by atoms with Gasteiger partial charge in [-0.1, -0.05) is 49.1 Å². The lowest BCUT2D eigenvalue weighted by Crippen LogP contribution is -2.42. The topological polar surface area (TPSA) is 64.6 Å². The Morgan fingerprint density at radius 3 is 2.32 bits per heavy atom. The Balaban J connectivity index is 1.92. The second kappa shape index (κ2) is 9.99. The van der Waals surface area contributed by atoms with Crippen molar-refractivity contribution in [3.63, 3.8) is 0 Å². The molecule has 2 aromatic rings. The van der Waals surface area contributed by atoms with Crippen LogP contribution in [0, 0.1) is 6.92 Å². The molecule has 0 atom stereocenters. The molecule has 3 rings (SSSR count). The minimum absolute atomic E-state index is 0.0246. The average Bonchev–Trinajstić information content (AvgIpc) is 2.75. The highest BCUT2D eigenvalue weighted by atomic mass is 16.5. The van der Waals surface area contributed by atoms with Gasteiger partial charge in [0.25, 0.3) is 0 Å². The second-order valence-electron chi connectivity index (χ2n) is 8.56. The van der Waals surface area contributed by atoms with Crippen LogP contribution in [0.1, 0.15) is 74.4 Å². The van der Waals surface area contributed by atoms with E-state index in [0.29, 0.717) is 17.0 Å². The van der Waals surface area contributed by atoms with Gasteiger partial charge in [0.1, 0.15) is 11.3 Å². The number of nitrogens with one attached hydrogen (secondary N) is 1. The van der Waals surface area contributed by atoms with Crippen LogP contribution in [0.4, 0.5) is 5.69 Å². The van der Waals surface area contributed by atoms with Gasteiger partial charge in [-0.05, 0) is 64.3 Å². The highest BCUT2D eigenvalue weighted by molar-refractivity contribution is 6.01. The van der Waals surface area contributed by atoms with Crippen LogP contribution in [0.15, 0.2) is 42.5 Å². The van der Waals surface area contributed by atoms with Gasteiger partial charge < -0.3 is 14.8 Å². The maximum atomic E-state index is 13.6. The van der Waals surface area contributed by atoms with Crippen LogP contribution in [0.5, 0.6) is 5.75 Å². The van der Waals surface area contributed by atoms with Crippen LogP contribution < -0.4 is 10.1 Å². The molecule has 0 aromatic heterocycles. The first-order valence-corrected chi connectivity index (χ1v) is 11.2. The molecular weight excluding hydrogens is 390 g/mol. The summed E-state index contributed by atoms with van der Waals surface area (Å²) < 4.78 is 11.0. The number of ether oxygens (including phenoxy) is 2. The number of benzene rings is 2. The van der Waals surface area contributed by atoms with Crippen molar-refractivity contribution < 1.29 is 19.1 Å². The van der Waals surface area contributed by atoms with E-state index in [1.54, 1.807) is 25.1 Å². The smallest absolute Gasteiger partial charge is 0.341 e. The van der Waals surface area contributed by atoms with Crippen molar-refractivity contribution in [1.29, 1.82) is 0 Å². The van der Waals surface area contributed by atoms with Crippen molar-refractivity contribution in [1.82, 2.24) is 0 Å². The molecule has 0 radical (unpaired) electrons. The highest BCUT2D eigenvalue weighted by Gasteiger charge is 2.41. The molecule has 2 aromatic carbocycles. The van der Waals surface area contributed by atoms with Crippen LogP contribution in [0.2, 0.25) is 0 Å². The third-order valence-electron chi connectivity index (χ3n) is 5.84. The number of rotatable bonds is 7. The number of esters is 1. The predicted octanol–water partition coefficient (Wildman–Crippen LogP) is 5.80. The Labute approximate surface area is 185 Å². The third kappa shape index (κ3) is 5.27. The number of anilines is 1. The first-order valence-electron chi connectivity index (χ1n) is 11.2. The molecule has 1 aliphatic rings. The summed E-state index contributed by atoms with van der Waals surface area (Å²) in [4.78, 5) is 26.1. The molecule has 1 saturated carbocycles. The normalized spacial score (nSPS) is 15.4. The summed E-state index contributed by atoms with van der Waals surface area (Å²) in [7, 11) is 0. The Bertz CT molecular complexity index is 912. The van der Waals surface area contributed by atoms with Gasteiger partial charge in [0.2, 0.25) is 5.91 Å². The molecule has 0 saturated heterocycles. The van der Waals surface area contributed by atoms with E-state index in [0.717, 1.165) is 37.7 Å². The molecule has 5 nitrogen and oxygen atoms in total. The number of carbonyl (C=O) groups excluding carboxylic acids is 2. The van der Waals surface area contributed by atoms with E-state index >= 15 is 0 Å². The molecule has 1 aliphatic carbocycles. The van der Waals surface area contributed by atoms with Gasteiger partial charge in [-0.3, -0.25) is 4.79 Å². The fourth-order valence-corrected chi connectivity index (χ4v) is 4.26. The molecule has 1 amide bonds. The summed E-state index contributed by atoms with van der Waals surface area (Å²) in [6.07, 6.45) is 4.76. The highest BCUT2D eigenvalue weighted by Crippen LogP contribution is 2.41. The molecule has 31 heavy (non-hydrogen) atoms. The van der Waals surface area contributed by atoms with Crippen LogP contribution in [0.3, 0.4) is 0 Å². The number of amides is 1. The molecule has 166 valence electrons. The Morgan fingerprint density at radius 1 is 1.03 bits per heavy atom. The zero-order valence-corrected chi connectivity index (χ0v) is 19.0. The molecule has 0 spiro atoms. The van der Waals surface area contributed by atoms with E-state index in [4.69, 9.17) is 9.47 Å².